The molecule has 1 N–H and O–H groups in total. The molecule has 110 valence electrons. The molecule has 0 aliphatic heterocycles. The summed E-state index contributed by atoms with van der Waals surface area (Å²) in [6.45, 7) is 3.07. The number of carboxylic acids is 1. The van der Waals surface area contributed by atoms with E-state index in [1.54, 1.807) is 6.92 Å². The molecule has 0 aromatic heterocycles. The van der Waals surface area contributed by atoms with Crippen molar-refractivity contribution in [2.24, 2.45) is 0 Å². The van der Waals surface area contributed by atoms with E-state index in [2.05, 4.69) is 0 Å². The number of carboxylic acid groups (broad SMARTS) is 1. The van der Waals surface area contributed by atoms with Crippen molar-refractivity contribution in [1.29, 1.82) is 0 Å². The van der Waals surface area contributed by atoms with Crippen molar-refractivity contribution in [3.05, 3.63) is 35.4 Å². The number of rotatable bonds is 6. The minimum Gasteiger partial charge on any atom is -0.480 e. The molecular formula is C14H17F2NO3. The topological polar surface area (TPSA) is 57.6 Å². The van der Waals surface area contributed by atoms with Gasteiger partial charge in [-0.1, -0.05) is 19.1 Å². The van der Waals surface area contributed by atoms with Crippen LogP contribution in [-0.2, 0) is 16.0 Å². The van der Waals surface area contributed by atoms with Crippen LogP contribution in [0.25, 0.3) is 0 Å². The lowest BCUT2D eigenvalue weighted by atomic mass is 10.1. The summed E-state index contributed by atoms with van der Waals surface area (Å²) in [5.41, 5.74) is -0.0753. The molecule has 1 atom stereocenters. The second-order valence-corrected chi connectivity index (χ2v) is 4.56. The number of carbonyl (C=O) groups is 2. The highest BCUT2D eigenvalue weighted by atomic mass is 19.2. The molecule has 1 aromatic rings. The Kier molecular flexibility index (Phi) is 5.61. The Morgan fingerprint density at radius 3 is 2.55 bits per heavy atom. The van der Waals surface area contributed by atoms with E-state index in [0.717, 1.165) is 11.0 Å². The van der Waals surface area contributed by atoms with Crippen molar-refractivity contribution in [2.45, 2.75) is 32.7 Å². The number of aliphatic carboxylic acids is 1. The standard InChI is InChI=1S/C14H17F2NO3/c1-3-9(2)17(8-13(19)20)12(18)7-10-5-4-6-11(15)14(10)16/h4-6,9H,3,7-8H2,1-2H3,(H,19,20)/t9-/m1/s1. The first-order valence-electron chi connectivity index (χ1n) is 6.31. The van der Waals surface area contributed by atoms with Gasteiger partial charge in [0.05, 0.1) is 6.42 Å². The molecule has 0 saturated heterocycles. The van der Waals surface area contributed by atoms with E-state index >= 15 is 0 Å². The molecule has 1 rings (SSSR count). The lowest BCUT2D eigenvalue weighted by molar-refractivity contribution is -0.145. The molecule has 0 aliphatic rings. The van der Waals surface area contributed by atoms with Crippen molar-refractivity contribution in [1.82, 2.24) is 4.90 Å². The summed E-state index contributed by atoms with van der Waals surface area (Å²) in [4.78, 5) is 24.0. The van der Waals surface area contributed by atoms with Crippen molar-refractivity contribution >= 4 is 11.9 Å². The summed E-state index contributed by atoms with van der Waals surface area (Å²) < 4.78 is 26.6. The minimum absolute atomic E-state index is 0.0753. The van der Waals surface area contributed by atoms with Crippen molar-refractivity contribution in [3.8, 4) is 0 Å². The van der Waals surface area contributed by atoms with Gasteiger partial charge < -0.3 is 10.0 Å². The quantitative estimate of drug-likeness (QED) is 0.872. The second-order valence-electron chi connectivity index (χ2n) is 4.56. The lowest BCUT2D eigenvalue weighted by Crippen LogP contribution is -2.42. The molecule has 0 fully saturated rings. The van der Waals surface area contributed by atoms with E-state index in [-0.39, 0.29) is 18.0 Å². The fraction of sp³-hybridized carbons (Fsp3) is 0.429. The predicted octanol–water partition coefficient (Wildman–Crippen LogP) is 2.22. The predicted molar refractivity (Wildman–Crippen MR) is 69.2 cm³/mol. The van der Waals surface area contributed by atoms with Crippen LogP contribution in [0.1, 0.15) is 25.8 Å². The van der Waals surface area contributed by atoms with Gasteiger partial charge in [0.1, 0.15) is 6.54 Å². The van der Waals surface area contributed by atoms with Gasteiger partial charge in [-0.15, -0.1) is 0 Å². The van der Waals surface area contributed by atoms with E-state index in [4.69, 9.17) is 5.11 Å². The van der Waals surface area contributed by atoms with Gasteiger partial charge in [-0.3, -0.25) is 9.59 Å². The average Bonchev–Trinajstić information content (AvgIpc) is 2.40. The number of carbonyl (C=O) groups excluding carboxylic acids is 1. The lowest BCUT2D eigenvalue weighted by Gasteiger charge is -2.27. The van der Waals surface area contributed by atoms with E-state index in [1.165, 1.54) is 12.1 Å². The van der Waals surface area contributed by atoms with Crippen LogP contribution in [-0.4, -0.2) is 34.5 Å². The fourth-order valence-corrected chi connectivity index (χ4v) is 1.81. The van der Waals surface area contributed by atoms with Crippen LogP contribution in [0, 0.1) is 11.6 Å². The monoisotopic (exact) mass is 285 g/mol. The first kappa shape index (κ1) is 16.1. The van der Waals surface area contributed by atoms with Crippen molar-refractivity contribution < 1.29 is 23.5 Å². The van der Waals surface area contributed by atoms with Crippen LogP contribution in [0.15, 0.2) is 18.2 Å². The molecule has 6 heteroatoms. The minimum atomic E-state index is -1.14. The molecule has 0 saturated carbocycles. The molecular weight excluding hydrogens is 268 g/mol. The summed E-state index contributed by atoms with van der Waals surface area (Å²) in [5, 5.41) is 8.81. The third-order valence-corrected chi connectivity index (χ3v) is 3.12. The number of amides is 1. The smallest absolute Gasteiger partial charge is 0.323 e. The second kappa shape index (κ2) is 6.98. The Morgan fingerprint density at radius 2 is 2.00 bits per heavy atom. The highest BCUT2D eigenvalue weighted by molar-refractivity contribution is 5.83. The van der Waals surface area contributed by atoms with E-state index in [0.29, 0.717) is 6.42 Å². The molecule has 0 unspecified atom stereocenters. The summed E-state index contributed by atoms with van der Waals surface area (Å²) in [7, 11) is 0. The number of halogens is 2. The van der Waals surface area contributed by atoms with E-state index < -0.39 is 30.1 Å². The summed E-state index contributed by atoms with van der Waals surface area (Å²) >= 11 is 0. The maximum Gasteiger partial charge on any atom is 0.323 e. The first-order chi connectivity index (χ1) is 9.36. The number of benzene rings is 1. The zero-order chi connectivity index (χ0) is 15.3. The molecule has 4 nitrogen and oxygen atoms in total. The van der Waals surface area contributed by atoms with Crippen LogP contribution in [0.2, 0.25) is 0 Å². The number of nitrogens with zero attached hydrogens (tertiary/aromatic N) is 1. The Balaban J connectivity index is 2.90. The van der Waals surface area contributed by atoms with Gasteiger partial charge in [0.2, 0.25) is 5.91 Å². The van der Waals surface area contributed by atoms with Crippen LogP contribution >= 0.6 is 0 Å². The molecule has 1 amide bonds. The molecule has 0 radical (unpaired) electrons. The SMILES string of the molecule is CC[C@@H](C)N(CC(=O)O)C(=O)Cc1cccc(F)c1F. The van der Waals surface area contributed by atoms with Crippen LogP contribution < -0.4 is 0 Å². The number of hydrogen-bond acceptors (Lipinski definition) is 2. The third kappa shape index (κ3) is 4.01. The fourth-order valence-electron chi connectivity index (χ4n) is 1.81. The van der Waals surface area contributed by atoms with Gasteiger partial charge in [-0.25, -0.2) is 8.78 Å². The molecule has 0 spiro atoms. The molecule has 0 aliphatic carbocycles. The zero-order valence-electron chi connectivity index (χ0n) is 11.4. The Morgan fingerprint density at radius 1 is 1.35 bits per heavy atom. The van der Waals surface area contributed by atoms with Crippen LogP contribution in [0.4, 0.5) is 8.78 Å². The van der Waals surface area contributed by atoms with E-state index in [1.807, 2.05) is 6.92 Å². The highest BCUT2D eigenvalue weighted by Gasteiger charge is 2.23. The van der Waals surface area contributed by atoms with Gasteiger partial charge in [0, 0.05) is 11.6 Å². The van der Waals surface area contributed by atoms with Crippen LogP contribution in [0.5, 0.6) is 0 Å². The third-order valence-electron chi connectivity index (χ3n) is 3.12. The Labute approximate surface area is 116 Å². The molecule has 1 aromatic carbocycles. The van der Waals surface area contributed by atoms with Crippen LogP contribution in [0.3, 0.4) is 0 Å². The maximum atomic E-state index is 13.5. The van der Waals surface area contributed by atoms with Crippen molar-refractivity contribution in [2.75, 3.05) is 6.54 Å². The zero-order valence-corrected chi connectivity index (χ0v) is 11.4. The number of hydrogen-bond donors (Lipinski definition) is 1. The largest absolute Gasteiger partial charge is 0.480 e. The van der Waals surface area contributed by atoms with Gasteiger partial charge in [-0.2, -0.15) is 0 Å². The molecule has 20 heavy (non-hydrogen) atoms. The first-order valence-corrected chi connectivity index (χ1v) is 6.31. The Bertz CT molecular complexity index is 505. The average molecular weight is 285 g/mol. The highest BCUT2D eigenvalue weighted by Crippen LogP contribution is 2.14. The van der Waals surface area contributed by atoms with Gasteiger partial charge in [0.25, 0.3) is 0 Å². The summed E-state index contributed by atoms with van der Waals surface area (Å²) in [6.07, 6.45) is 0.214. The molecule has 0 heterocycles. The van der Waals surface area contributed by atoms with Gasteiger partial charge in [-0.05, 0) is 19.4 Å². The van der Waals surface area contributed by atoms with Gasteiger partial charge >= 0.3 is 5.97 Å². The normalized spacial score (nSPS) is 12.0. The van der Waals surface area contributed by atoms with Crippen molar-refractivity contribution in [3.63, 3.8) is 0 Å². The summed E-state index contributed by atoms with van der Waals surface area (Å²) in [6, 6.07) is 3.31. The van der Waals surface area contributed by atoms with Gasteiger partial charge in [0.15, 0.2) is 11.6 Å². The summed E-state index contributed by atoms with van der Waals surface area (Å²) in [5.74, 6) is -3.77. The maximum absolute atomic E-state index is 13.5. The Hall–Kier alpha value is -1.98. The molecule has 0 bridgehead atoms. The van der Waals surface area contributed by atoms with E-state index in [9.17, 15) is 18.4 Å².